The maximum absolute atomic E-state index is 5.21. The fourth-order valence-electron chi connectivity index (χ4n) is 1.35. The summed E-state index contributed by atoms with van der Waals surface area (Å²) in [7, 11) is 4.30. The molecule has 1 rings (SSSR count). The monoisotopic (exact) mass is 316 g/mol. The van der Waals surface area contributed by atoms with Gasteiger partial charge < -0.3 is 15.5 Å². The van der Waals surface area contributed by atoms with E-state index in [0.717, 1.165) is 29.7 Å². The summed E-state index contributed by atoms with van der Waals surface area (Å²) in [5.41, 5.74) is 1.00. The Kier molecular flexibility index (Phi) is 6.47. The molecule has 0 saturated carbocycles. The van der Waals surface area contributed by atoms with Crippen molar-refractivity contribution in [2.24, 2.45) is 0 Å². The van der Waals surface area contributed by atoms with Crippen LogP contribution in [0.25, 0.3) is 0 Å². The molecule has 0 aliphatic rings. The summed E-state index contributed by atoms with van der Waals surface area (Å²) in [5, 5.41) is 7.03. The highest BCUT2D eigenvalue weighted by atomic mass is 79.9. The number of quaternary nitrogens is 1. The Morgan fingerprint density at radius 3 is 2.53 bits per heavy atom. The molecule has 0 saturated heterocycles. The Morgan fingerprint density at radius 1 is 1.29 bits per heavy atom. The second-order valence-corrected chi connectivity index (χ2v) is 5.52. The molecule has 1 aromatic rings. The van der Waals surface area contributed by atoms with E-state index in [4.69, 9.17) is 12.2 Å². The quantitative estimate of drug-likeness (QED) is 0.564. The summed E-state index contributed by atoms with van der Waals surface area (Å²) in [5.74, 6) is 0. The molecule has 1 aromatic carbocycles. The summed E-state index contributed by atoms with van der Waals surface area (Å²) in [6, 6.07) is 7.95. The third-order valence-corrected chi connectivity index (χ3v) is 3.02. The second kappa shape index (κ2) is 7.63. The van der Waals surface area contributed by atoms with E-state index >= 15 is 0 Å². The largest absolute Gasteiger partial charge is 0.362 e. The van der Waals surface area contributed by atoms with E-state index in [1.54, 1.807) is 0 Å². The first kappa shape index (κ1) is 14.4. The Labute approximate surface area is 117 Å². The lowest BCUT2D eigenvalue weighted by Gasteiger charge is -2.11. The molecule has 0 aliphatic heterocycles. The molecule has 0 heterocycles. The zero-order chi connectivity index (χ0) is 12.7. The molecule has 5 heteroatoms. The van der Waals surface area contributed by atoms with Gasteiger partial charge in [0.15, 0.2) is 5.11 Å². The van der Waals surface area contributed by atoms with Gasteiger partial charge in [-0.3, -0.25) is 0 Å². The summed E-state index contributed by atoms with van der Waals surface area (Å²) in [4.78, 5) is 1.46. The first-order valence-corrected chi connectivity index (χ1v) is 6.87. The molecule has 94 valence electrons. The van der Waals surface area contributed by atoms with Crippen molar-refractivity contribution in [3.8, 4) is 0 Å². The molecule has 17 heavy (non-hydrogen) atoms. The highest BCUT2D eigenvalue weighted by molar-refractivity contribution is 9.10. The minimum Gasteiger partial charge on any atom is -0.362 e. The summed E-state index contributed by atoms with van der Waals surface area (Å²) in [6.45, 7) is 2.06. The molecule has 0 spiro atoms. The maximum Gasteiger partial charge on any atom is 0.170 e. The Balaban J connectivity index is 2.23. The van der Waals surface area contributed by atoms with E-state index in [2.05, 4.69) is 40.7 Å². The molecule has 0 atom stereocenters. The number of hydrogen-bond donors (Lipinski definition) is 3. The van der Waals surface area contributed by atoms with Crippen LogP contribution < -0.4 is 15.5 Å². The molecule has 0 amide bonds. The second-order valence-electron chi connectivity index (χ2n) is 4.20. The standard InChI is InChI=1S/C12H18BrN3S/c1-16(2)9-3-8-14-12(17)15-11-6-4-10(13)5-7-11/h4-7H,3,8-9H2,1-2H3,(H2,14,15,17)/p+1. The van der Waals surface area contributed by atoms with Crippen molar-refractivity contribution < 1.29 is 4.90 Å². The highest BCUT2D eigenvalue weighted by Gasteiger charge is 1.98. The minimum atomic E-state index is 0.682. The predicted molar refractivity (Wildman–Crippen MR) is 80.7 cm³/mol. The Bertz CT molecular complexity index is 351. The van der Waals surface area contributed by atoms with Crippen LogP contribution >= 0.6 is 28.1 Å². The fraction of sp³-hybridized carbons (Fsp3) is 0.417. The van der Waals surface area contributed by atoms with Gasteiger partial charge in [0.2, 0.25) is 0 Å². The number of benzene rings is 1. The minimum absolute atomic E-state index is 0.682. The average Bonchev–Trinajstić information content (AvgIpc) is 2.27. The van der Waals surface area contributed by atoms with Crippen LogP contribution in [0, 0.1) is 0 Å². The molecule has 0 aliphatic carbocycles. The number of anilines is 1. The van der Waals surface area contributed by atoms with Crippen molar-refractivity contribution in [3.05, 3.63) is 28.7 Å². The maximum atomic E-state index is 5.21. The van der Waals surface area contributed by atoms with E-state index in [0.29, 0.717) is 5.11 Å². The predicted octanol–water partition coefficient (Wildman–Crippen LogP) is 1.27. The lowest BCUT2D eigenvalue weighted by atomic mass is 10.3. The Hall–Kier alpha value is -0.650. The third-order valence-electron chi connectivity index (χ3n) is 2.24. The van der Waals surface area contributed by atoms with Crippen LogP contribution in [0.15, 0.2) is 28.7 Å². The molecule has 3 nitrogen and oxygen atoms in total. The zero-order valence-corrected chi connectivity index (χ0v) is 12.6. The van der Waals surface area contributed by atoms with Crippen molar-refractivity contribution in [1.82, 2.24) is 5.32 Å². The van der Waals surface area contributed by atoms with Gasteiger partial charge in [-0.15, -0.1) is 0 Å². The summed E-state index contributed by atoms with van der Waals surface area (Å²) in [6.07, 6.45) is 1.12. The summed E-state index contributed by atoms with van der Waals surface area (Å²) >= 11 is 8.61. The van der Waals surface area contributed by atoms with E-state index < -0.39 is 0 Å². The van der Waals surface area contributed by atoms with Crippen LogP contribution in [-0.4, -0.2) is 32.3 Å². The van der Waals surface area contributed by atoms with E-state index in [-0.39, 0.29) is 0 Å². The van der Waals surface area contributed by atoms with Crippen LogP contribution in [0.4, 0.5) is 5.69 Å². The van der Waals surface area contributed by atoms with Crippen LogP contribution in [0.1, 0.15) is 6.42 Å². The van der Waals surface area contributed by atoms with Gasteiger partial charge in [-0.05, 0) is 36.5 Å². The molecule has 0 fully saturated rings. The smallest absolute Gasteiger partial charge is 0.170 e. The lowest BCUT2D eigenvalue weighted by Crippen LogP contribution is -3.05. The summed E-state index contributed by atoms with van der Waals surface area (Å²) < 4.78 is 1.07. The molecule has 3 N–H and O–H groups in total. The molecule has 0 bridgehead atoms. The van der Waals surface area contributed by atoms with Gasteiger partial charge in [0.05, 0.1) is 20.6 Å². The number of rotatable bonds is 5. The number of thiocarbonyl (C=S) groups is 1. The number of hydrogen-bond acceptors (Lipinski definition) is 1. The highest BCUT2D eigenvalue weighted by Crippen LogP contribution is 2.13. The molecule has 0 unspecified atom stereocenters. The van der Waals surface area contributed by atoms with E-state index in [1.165, 1.54) is 4.90 Å². The van der Waals surface area contributed by atoms with Gasteiger partial charge in [-0.2, -0.15) is 0 Å². The van der Waals surface area contributed by atoms with Gasteiger partial charge in [0, 0.05) is 23.1 Å². The SMILES string of the molecule is C[NH+](C)CCCNC(=S)Nc1ccc(Br)cc1. The van der Waals surface area contributed by atoms with Crippen molar-refractivity contribution in [3.63, 3.8) is 0 Å². The fourth-order valence-corrected chi connectivity index (χ4v) is 1.84. The van der Waals surface area contributed by atoms with Gasteiger partial charge in [0.1, 0.15) is 0 Å². The molecule has 0 radical (unpaired) electrons. The van der Waals surface area contributed by atoms with Crippen LogP contribution in [0.3, 0.4) is 0 Å². The van der Waals surface area contributed by atoms with Crippen molar-refractivity contribution in [1.29, 1.82) is 0 Å². The number of nitrogens with one attached hydrogen (secondary N) is 3. The normalized spacial score (nSPS) is 10.4. The zero-order valence-electron chi connectivity index (χ0n) is 10.2. The Morgan fingerprint density at radius 2 is 1.94 bits per heavy atom. The lowest BCUT2D eigenvalue weighted by molar-refractivity contribution is -0.858. The van der Waals surface area contributed by atoms with Crippen LogP contribution in [0.5, 0.6) is 0 Å². The third kappa shape index (κ3) is 6.61. The van der Waals surface area contributed by atoms with Crippen molar-refractivity contribution in [2.45, 2.75) is 6.42 Å². The van der Waals surface area contributed by atoms with Crippen molar-refractivity contribution >= 4 is 38.9 Å². The van der Waals surface area contributed by atoms with Crippen LogP contribution in [-0.2, 0) is 0 Å². The van der Waals surface area contributed by atoms with E-state index in [1.807, 2.05) is 24.3 Å². The van der Waals surface area contributed by atoms with Gasteiger partial charge in [-0.25, -0.2) is 0 Å². The van der Waals surface area contributed by atoms with E-state index in [9.17, 15) is 0 Å². The van der Waals surface area contributed by atoms with Crippen molar-refractivity contribution in [2.75, 3.05) is 32.5 Å². The first-order valence-electron chi connectivity index (χ1n) is 5.67. The average molecular weight is 317 g/mol. The van der Waals surface area contributed by atoms with Gasteiger partial charge in [0.25, 0.3) is 0 Å². The topological polar surface area (TPSA) is 28.5 Å². The van der Waals surface area contributed by atoms with Gasteiger partial charge in [-0.1, -0.05) is 15.9 Å². The molecule has 0 aromatic heterocycles. The van der Waals surface area contributed by atoms with Gasteiger partial charge >= 0.3 is 0 Å². The first-order chi connectivity index (χ1) is 8.08. The molecular weight excluding hydrogens is 298 g/mol. The number of halogens is 1. The van der Waals surface area contributed by atoms with Crippen LogP contribution in [0.2, 0.25) is 0 Å². The molecular formula is C12H19BrN3S+.